The Morgan fingerprint density at radius 2 is 1.77 bits per heavy atom. The van der Waals surface area contributed by atoms with E-state index in [1.54, 1.807) is 31.6 Å². The predicted octanol–water partition coefficient (Wildman–Crippen LogP) is 3.06. The molecule has 0 saturated carbocycles. The minimum absolute atomic E-state index is 0.358. The lowest BCUT2D eigenvalue weighted by Gasteiger charge is -2.12. The van der Waals surface area contributed by atoms with Crippen LogP contribution in [0.25, 0.3) is 12.2 Å². The van der Waals surface area contributed by atoms with Gasteiger partial charge in [0.15, 0.2) is 0 Å². The van der Waals surface area contributed by atoms with Crippen molar-refractivity contribution in [2.24, 2.45) is 0 Å². The summed E-state index contributed by atoms with van der Waals surface area (Å²) in [6.45, 7) is 0. The van der Waals surface area contributed by atoms with Crippen LogP contribution in [0.2, 0.25) is 0 Å². The van der Waals surface area contributed by atoms with E-state index < -0.39 is 5.97 Å². The van der Waals surface area contributed by atoms with Gasteiger partial charge < -0.3 is 14.2 Å². The highest BCUT2D eigenvalue weighted by molar-refractivity contribution is 5.98. The maximum atomic E-state index is 12.0. The smallest absolute Gasteiger partial charge is 0.342 e. The molecule has 2 aromatic rings. The second-order valence-electron chi connectivity index (χ2n) is 4.40. The average molecular weight is 299 g/mol. The molecule has 0 spiro atoms. The van der Waals surface area contributed by atoms with Gasteiger partial charge in [0, 0.05) is 18.5 Å². The lowest BCUT2D eigenvalue weighted by Crippen LogP contribution is -2.07. The maximum Gasteiger partial charge on any atom is 0.342 e. The summed E-state index contributed by atoms with van der Waals surface area (Å²) in [5.41, 5.74) is 1.98. The van der Waals surface area contributed by atoms with Crippen molar-refractivity contribution in [1.29, 1.82) is 0 Å². The number of carbonyl (C=O) groups is 1. The van der Waals surface area contributed by atoms with E-state index in [0.717, 1.165) is 5.56 Å². The summed E-state index contributed by atoms with van der Waals surface area (Å²) in [4.78, 5) is 16.0. The molecule has 0 amide bonds. The van der Waals surface area contributed by atoms with Crippen molar-refractivity contribution in [2.45, 2.75) is 0 Å². The van der Waals surface area contributed by atoms with Gasteiger partial charge in [0.05, 0.1) is 21.3 Å². The van der Waals surface area contributed by atoms with Crippen LogP contribution < -0.4 is 9.47 Å². The minimum Gasteiger partial charge on any atom is -0.497 e. The molecule has 0 radical (unpaired) electrons. The van der Waals surface area contributed by atoms with Crippen LogP contribution in [0.4, 0.5) is 0 Å². The Labute approximate surface area is 129 Å². The number of nitrogens with zero attached hydrogens (tertiary/aromatic N) is 1. The molecule has 0 fully saturated rings. The first-order valence-electron chi connectivity index (χ1n) is 6.62. The third kappa shape index (κ3) is 3.44. The van der Waals surface area contributed by atoms with Crippen LogP contribution in [0.5, 0.6) is 11.5 Å². The molecular weight excluding hydrogens is 282 g/mol. The largest absolute Gasteiger partial charge is 0.497 e. The number of rotatable bonds is 5. The Bertz CT molecular complexity index is 681. The summed E-state index contributed by atoms with van der Waals surface area (Å²) in [7, 11) is 4.39. The third-order valence-corrected chi connectivity index (χ3v) is 3.11. The number of benzene rings is 1. The highest BCUT2D eigenvalue weighted by Gasteiger charge is 2.18. The van der Waals surface area contributed by atoms with Crippen LogP contribution >= 0.6 is 0 Å². The number of ether oxygens (including phenoxy) is 3. The highest BCUT2D eigenvalue weighted by Crippen LogP contribution is 2.30. The second kappa shape index (κ2) is 7.26. The zero-order valence-electron chi connectivity index (χ0n) is 12.7. The van der Waals surface area contributed by atoms with Gasteiger partial charge in [0.25, 0.3) is 0 Å². The summed E-state index contributed by atoms with van der Waals surface area (Å²) in [5, 5.41) is 0. The van der Waals surface area contributed by atoms with Crippen molar-refractivity contribution in [1.82, 2.24) is 4.98 Å². The van der Waals surface area contributed by atoms with E-state index in [4.69, 9.17) is 14.2 Å². The molecule has 0 aliphatic heterocycles. The highest BCUT2D eigenvalue weighted by atomic mass is 16.5. The first kappa shape index (κ1) is 15.6. The lowest BCUT2D eigenvalue weighted by atomic mass is 10.0. The van der Waals surface area contributed by atoms with Gasteiger partial charge in [0.1, 0.15) is 17.1 Å². The number of pyridine rings is 1. The van der Waals surface area contributed by atoms with Crippen LogP contribution in [0.3, 0.4) is 0 Å². The molecular formula is C17H17NO4. The molecule has 22 heavy (non-hydrogen) atoms. The molecule has 1 aromatic heterocycles. The number of hydrogen-bond donors (Lipinski definition) is 0. The normalized spacial score (nSPS) is 10.5. The number of aromatic nitrogens is 1. The van der Waals surface area contributed by atoms with E-state index >= 15 is 0 Å². The van der Waals surface area contributed by atoms with Gasteiger partial charge in [-0.3, -0.25) is 4.98 Å². The number of hydrogen-bond acceptors (Lipinski definition) is 5. The molecule has 0 bridgehead atoms. The van der Waals surface area contributed by atoms with Crippen molar-refractivity contribution < 1.29 is 19.0 Å². The Balaban J connectivity index is 2.52. The summed E-state index contributed by atoms with van der Waals surface area (Å²) in [6.07, 6.45) is 7.09. The molecule has 114 valence electrons. The van der Waals surface area contributed by atoms with Gasteiger partial charge in [-0.2, -0.15) is 0 Å². The van der Waals surface area contributed by atoms with Crippen LogP contribution in [0.15, 0.2) is 36.7 Å². The fourth-order valence-corrected chi connectivity index (χ4v) is 2.00. The Morgan fingerprint density at radius 1 is 1.05 bits per heavy atom. The number of methoxy groups -OCH3 is 3. The standard InChI is InChI=1S/C17H17NO4/c1-20-14-10-13(5-4-12-6-8-18-9-7-12)16(17(19)22-3)15(11-14)21-2/h4-11H,1-3H3. The van der Waals surface area contributed by atoms with Crippen molar-refractivity contribution in [3.8, 4) is 11.5 Å². The topological polar surface area (TPSA) is 57.7 Å². The van der Waals surface area contributed by atoms with Gasteiger partial charge in [0.2, 0.25) is 0 Å². The van der Waals surface area contributed by atoms with E-state index in [-0.39, 0.29) is 0 Å². The summed E-state index contributed by atoms with van der Waals surface area (Å²) in [6, 6.07) is 7.14. The average Bonchev–Trinajstić information content (AvgIpc) is 2.59. The zero-order valence-corrected chi connectivity index (χ0v) is 12.7. The van der Waals surface area contributed by atoms with Gasteiger partial charge in [-0.1, -0.05) is 12.2 Å². The van der Waals surface area contributed by atoms with E-state index in [2.05, 4.69) is 4.98 Å². The SMILES string of the molecule is COC(=O)c1c(C=Cc2ccncc2)cc(OC)cc1OC. The number of esters is 1. The summed E-state index contributed by atoms with van der Waals surface area (Å²) < 4.78 is 15.4. The second-order valence-corrected chi connectivity index (χ2v) is 4.40. The minimum atomic E-state index is -0.464. The lowest BCUT2D eigenvalue weighted by molar-refractivity contribution is 0.0597. The van der Waals surface area contributed by atoms with Gasteiger partial charge in [-0.05, 0) is 29.3 Å². The van der Waals surface area contributed by atoms with E-state index in [0.29, 0.717) is 22.6 Å². The van der Waals surface area contributed by atoms with Gasteiger partial charge in [-0.25, -0.2) is 4.79 Å². The first-order chi connectivity index (χ1) is 10.7. The van der Waals surface area contributed by atoms with Crippen molar-refractivity contribution in [2.75, 3.05) is 21.3 Å². The van der Waals surface area contributed by atoms with Gasteiger partial charge in [-0.15, -0.1) is 0 Å². The summed E-state index contributed by atoms with van der Waals surface area (Å²) >= 11 is 0. The molecule has 5 nitrogen and oxygen atoms in total. The fourth-order valence-electron chi connectivity index (χ4n) is 2.00. The van der Waals surface area contributed by atoms with Crippen LogP contribution in [-0.2, 0) is 4.74 Å². The van der Waals surface area contributed by atoms with Crippen molar-refractivity contribution in [3.63, 3.8) is 0 Å². The van der Waals surface area contributed by atoms with Crippen LogP contribution in [-0.4, -0.2) is 32.3 Å². The third-order valence-electron chi connectivity index (χ3n) is 3.11. The quantitative estimate of drug-likeness (QED) is 0.794. The molecule has 0 N–H and O–H groups in total. The molecule has 5 heteroatoms. The maximum absolute atomic E-state index is 12.0. The number of carbonyl (C=O) groups excluding carboxylic acids is 1. The predicted molar refractivity (Wildman–Crippen MR) is 84.1 cm³/mol. The van der Waals surface area contributed by atoms with Gasteiger partial charge >= 0.3 is 5.97 Å². The first-order valence-corrected chi connectivity index (χ1v) is 6.62. The zero-order chi connectivity index (χ0) is 15.9. The molecule has 0 aliphatic carbocycles. The summed E-state index contributed by atoms with van der Waals surface area (Å²) in [5.74, 6) is 0.536. The van der Waals surface area contributed by atoms with Crippen LogP contribution in [0, 0.1) is 0 Å². The van der Waals surface area contributed by atoms with Crippen LogP contribution in [0.1, 0.15) is 21.5 Å². The molecule has 0 saturated heterocycles. The molecule has 2 rings (SSSR count). The van der Waals surface area contributed by atoms with Crippen molar-refractivity contribution >= 4 is 18.1 Å². The molecule has 1 aromatic carbocycles. The van der Waals surface area contributed by atoms with E-state index in [9.17, 15) is 4.79 Å². The Kier molecular flexibility index (Phi) is 5.14. The van der Waals surface area contributed by atoms with E-state index in [1.807, 2.05) is 24.3 Å². The molecule has 1 heterocycles. The molecule has 0 aliphatic rings. The fraction of sp³-hybridized carbons (Fsp3) is 0.176. The monoisotopic (exact) mass is 299 g/mol. The van der Waals surface area contributed by atoms with Crippen molar-refractivity contribution in [3.05, 3.63) is 53.3 Å². The molecule has 0 atom stereocenters. The Hall–Kier alpha value is -2.82. The molecule has 0 unspecified atom stereocenters. The Morgan fingerprint density at radius 3 is 2.36 bits per heavy atom. The van der Waals surface area contributed by atoms with E-state index in [1.165, 1.54) is 14.2 Å².